The number of nitrogens with one attached hydrogen (secondary N) is 4. The third kappa shape index (κ3) is 8.91. The van der Waals surface area contributed by atoms with E-state index in [2.05, 4.69) is 20.9 Å². The first-order valence-electron chi connectivity index (χ1n) is 13.9. The Morgan fingerprint density at radius 2 is 1.44 bits per heavy atom. The summed E-state index contributed by atoms with van der Waals surface area (Å²) >= 11 is 0. The lowest BCUT2D eigenvalue weighted by atomic mass is 9.98. The van der Waals surface area contributed by atoms with Crippen molar-refractivity contribution in [2.24, 2.45) is 17.6 Å². The van der Waals surface area contributed by atoms with Crippen LogP contribution in [0.1, 0.15) is 45.2 Å². The molecular weight excluding hydrogens is 522 g/mol. The SMILES string of the molecule is CC(C)CC(NC(=O)C(N)Cc1c[nH]c2ccccc12)C(=O)NC(C(=O)NC(Cc1ccccc1)C(=O)O)C(C)C. The minimum absolute atomic E-state index is 0.0597. The fourth-order valence-electron chi connectivity index (χ4n) is 4.71. The van der Waals surface area contributed by atoms with Gasteiger partial charge >= 0.3 is 5.97 Å². The molecule has 220 valence electrons. The molecule has 3 rings (SSSR count). The third-order valence-electron chi connectivity index (χ3n) is 6.94. The number of aromatic nitrogens is 1. The lowest BCUT2D eigenvalue weighted by Crippen LogP contribution is -2.59. The number of carbonyl (C=O) groups is 4. The van der Waals surface area contributed by atoms with E-state index in [1.54, 1.807) is 38.1 Å². The predicted molar refractivity (Wildman–Crippen MR) is 158 cm³/mol. The number of benzene rings is 2. The first-order chi connectivity index (χ1) is 19.5. The number of rotatable bonds is 14. The van der Waals surface area contributed by atoms with Gasteiger partial charge in [0.2, 0.25) is 17.7 Å². The molecule has 1 heterocycles. The van der Waals surface area contributed by atoms with Crippen molar-refractivity contribution in [3.8, 4) is 0 Å². The Hall–Kier alpha value is -4.18. The molecule has 3 aromatic rings. The number of nitrogens with two attached hydrogens (primary N) is 1. The molecule has 1 aromatic heterocycles. The second-order valence-corrected chi connectivity index (χ2v) is 11.2. The smallest absolute Gasteiger partial charge is 0.326 e. The number of fused-ring (bicyclic) bond motifs is 1. The Morgan fingerprint density at radius 1 is 0.805 bits per heavy atom. The van der Waals surface area contributed by atoms with Crippen LogP contribution in [-0.2, 0) is 32.0 Å². The largest absolute Gasteiger partial charge is 0.480 e. The van der Waals surface area contributed by atoms with Crippen LogP contribution in [0.25, 0.3) is 10.9 Å². The van der Waals surface area contributed by atoms with Gasteiger partial charge in [-0.25, -0.2) is 4.79 Å². The minimum Gasteiger partial charge on any atom is -0.480 e. The summed E-state index contributed by atoms with van der Waals surface area (Å²) in [6.45, 7) is 7.35. The molecule has 0 aliphatic rings. The molecule has 10 heteroatoms. The number of aliphatic carboxylic acids is 1. The molecule has 0 fully saturated rings. The molecule has 0 aliphatic heterocycles. The lowest BCUT2D eigenvalue weighted by molar-refractivity contribution is -0.142. The van der Waals surface area contributed by atoms with Crippen LogP contribution in [0.4, 0.5) is 0 Å². The van der Waals surface area contributed by atoms with Crippen molar-refractivity contribution in [1.29, 1.82) is 0 Å². The van der Waals surface area contributed by atoms with E-state index < -0.39 is 47.9 Å². The molecule has 4 unspecified atom stereocenters. The first-order valence-corrected chi connectivity index (χ1v) is 13.9. The average Bonchev–Trinajstić information content (AvgIpc) is 3.33. The lowest BCUT2D eigenvalue weighted by Gasteiger charge is -2.27. The van der Waals surface area contributed by atoms with E-state index in [0.717, 1.165) is 22.0 Å². The summed E-state index contributed by atoms with van der Waals surface area (Å²) in [7, 11) is 0. The molecular formula is C31H41N5O5. The maximum absolute atomic E-state index is 13.4. The van der Waals surface area contributed by atoms with Crippen molar-refractivity contribution in [2.75, 3.05) is 0 Å². The van der Waals surface area contributed by atoms with Crippen LogP contribution < -0.4 is 21.7 Å². The monoisotopic (exact) mass is 563 g/mol. The van der Waals surface area contributed by atoms with Crippen molar-refractivity contribution in [3.63, 3.8) is 0 Å². The fourth-order valence-corrected chi connectivity index (χ4v) is 4.71. The average molecular weight is 564 g/mol. The molecule has 0 saturated carbocycles. The predicted octanol–water partition coefficient (Wildman–Crippen LogP) is 2.52. The van der Waals surface area contributed by atoms with Crippen LogP contribution >= 0.6 is 0 Å². The van der Waals surface area contributed by atoms with Gasteiger partial charge in [-0.3, -0.25) is 14.4 Å². The Bertz CT molecular complexity index is 1340. The molecule has 0 bridgehead atoms. The van der Waals surface area contributed by atoms with Gasteiger partial charge in [0.05, 0.1) is 6.04 Å². The second kappa shape index (κ2) is 14.5. The molecule has 4 atom stereocenters. The van der Waals surface area contributed by atoms with Crippen LogP contribution in [0.2, 0.25) is 0 Å². The zero-order chi connectivity index (χ0) is 30.1. The van der Waals surface area contributed by atoms with E-state index in [9.17, 15) is 24.3 Å². The van der Waals surface area contributed by atoms with Crippen LogP contribution in [0.5, 0.6) is 0 Å². The number of hydrogen-bond acceptors (Lipinski definition) is 5. The van der Waals surface area contributed by atoms with Crippen molar-refractivity contribution in [3.05, 3.63) is 71.9 Å². The van der Waals surface area contributed by atoms with Gasteiger partial charge in [-0.15, -0.1) is 0 Å². The molecule has 0 radical (unpaired) electrons. The van der Waals surface area contributed by atoms with Gasteiger partial charge in [0, 0.05) is 23.5 Å². The van der Waals surface area contributed by atoms with Crippen LogP contribution in [0, 0.1) is 11.8 Å². The summed E-state index contributed by atoms with van der Waals surface area (Å²) in [5, 5.41) is 18.8. The van der Waals surface area contributed by atoms with Gasteiger partial charge in [0.1, 0.15) is 18.1 Å². The highest BCUT2D eigenvalue weighted by atomic mass is 16.4. The summed E-state index contributed by atoms with van der Waals surface area (Å²) < 4.78 is 0. The van der Waals surface area contributed by atoms with E-state index in [4.69, 9.17) is 5.73 Å². The van der Waals surface area contributed by atoms with E-state index >= 15 is 0 Å². The second-order valence-electron chi connectivity index (χ2n) is 11.2. The van der Waals surface area contributed by atoms with E-state index in [0.29, 0.717) is 6.42 Å². The number of para-hydroxylation sites is 1. The number of H-pyrrole nitrogens is 1. The van der Waals surface area contributed by atoms with E-state index in [-0.39, 0.29) is 24.7 Å². The number of carboxylic acids is 1. The van der Waals surface area contributed by atoms with Crippen LogP contribution in [0.15, 0.2) is 60.8 Å². The Labute approximate surface area is 240 Å². The molecule has 0 aliphatic carbocycles. The highest BCUT2D eigenvalue weighted by molar-refractivity contribution is 5.94. The molecule has 3 amide bonds. The van der Waals surface area contributed by atoms with Crippen molar-refractivity contribution >= 4 is 34.6 Å². The summed E-state index contributed by atoms with van der Waals surface area (Å²) in [4.78, 5) is 54.7. The number of carboxylic acid groups (broad SMARTS) is 1. The van der Waals surface area contributed by atoms with Gasteiger partial charge in [0.15, 0.2) is 0 Å². The van der Waals surface area contributed by atoms with Gasteiger partial charge < -0.3 is 31.8 Å². The van der Waals surface area contributed by atoms with Crippen LogP contribution in [-0.4, -0.2) is 57.9 Å². The van der Waals surface area contributed by atoms with E-state index in [1.807, 2.05) is 50.4 Å². The Morgan fingerprint density at radius 3 is 2.07 bits per heavy atom. The quantitative estimate of drug-likeness (QED) is 0.176. The van der Waals surface area contributed by atoms with Gasteiger partial charge in [-0.2, -0.15) is 0 Å². The zero-order valence-corrected chi connectivity index (χ0v) is 24.0. The molecule has 10 nitrogen and oxygen atoms in total. The maximum atomic E-state index is 13.4. The summed E-state index contributed by atoms with van der Waals surface area (Å²) in [6.07, 6.45) is 2.53. The molecule has 0 spiro atoms. The summed E-state index contributed by atoms with van der Waals surface area (Å²) in [6, 6.07) is 12.7. The van der Waals surface area contributed by atoms with Crippen molar-refractivity contribution < 1.29 is 24.3 Å². The molecule has 2 aromatic carbocycles. The highest BCUT2D eigenvalue weighted by Crippen LogP contribution is 2.19. The van der Waals surface area contributed by atoms with Gasteiger partial charge in [0.25, 0.3) is 0 Å². The highest BCUT2D eigenvalue weighted by Gasteiger charge is 2.32. The third-order valence-corrected chi connectivity index (χ3v) is 6.94. The van der Waals surface area contributed by atoms with Crippen molar-refractivity contribution in [1.82, 2.24) is 20.9 Å². The number of aromatic amines is 1. The van der Waals surface area contributed by atoms with Gasteiger partial charge in [-0.05, 0) is 41.9 Å². The number of amides is 3. The molecule has 41 heavy (non-hydrogen) atoms. The normalized spacial score (nSPS) is 14.3. The standard InChI is InChI=1S/C31H41N5O5/c1-18(2)14-25(34-28(37)23(32)16-21-17-33-24-13-9-8-12-22(21)24)29(38)36-27(19(3)4)30(39)35-26(31(40)41)15-20-10-6-5-7-11-20/h5-13,17-19,23,25-27,33H,14-16,32H2,1-4H3,(H,34,37)(H,35,39)(H,36,38)(H,40,41). The molecule has 7 N–H and O–H groups in total. The molecule has 0 saturated heterocycles. The Kier molecular flexibility index (Phi) is 11.0. The summed E-state index contributed by atoms with van der Waals surface area (Å²) in [5.74, 6) is -3.08. The summed E-state index contributed by atoms with van der Waals surface area (Å²) in [5.41, 5.74) is 8.84. The minimum atomic E-state index is -1.18. The van der Waals surface area contributed by atoms with E-state index in [1.165, 1.54) is 0 Å². The van der Waals surface area contributed by atoms with Crippen molar-refractivity contribution in [2.45, 2.75) is 71.1 Å². The maximum Gasteiger partial charge on any atom is 0.326 e. The number of carbonyl (C=O) groups excluding carboxylic acids is 3. The zero-order valence-electron chi connectivity index (χ0n) is 24.0. The number of hydrogen-bond donors (Lipinski definition) is 6. The van der Waals surface area contributed by atoms with Crippen LogP contribution in [0.3, 0.4) is 0 Å². The Balaban J connectivity index is 1.67. The first kappa shape index (κ1) is 31.3. The van der Waals surface area contributed by atoms with Gasteiger partial charge in [-0.1, -0.05) is 76.2 Å². The fraction of sp³-hybridized carbons (Fsp3) is 0.419. The topological polar surface area (TPSA) is 166 Å².